The fraction of sp³-hybridized carbons (Fsp3) is 0.444. The van der Waals surface area contributed by atoms with E-state index in [1.54, 1.807) is 12.3 Å². The molecule has 0 bridgehead atoms. The van der Waals surface area contributed by atoms with Gasteiger partial charge in [0, 0.05) is 25.7 Å². The molecule has 1 atom stereocenters. The molecule has 1 aliphatic rings. The van der Waals surface area contributed by atoms with Gasteiger partial charge >= 0.3 is 0 Å². The van der Waals surface area contributed by atoms with Crippen LogP contribution in [-0.4, -0.2) is 58.9 Å². The van der Waals surface area contributed by atoms with Gasteiger partial charge < -0.3 is 4.90 Å². The molecule has 12 heteroatoms. The number of hydrogen-bond acceptors (Lipinski definition) is 7. The normalized spacial score (nSPS) is 17.7. The topological polar surface area (TPSA) is 105 Å². The lowest BCUT2D eigenvalue weighted by Crippen LogP contribution is -2.41. The first kappa shape index (κ1) is 20.5. The molecule has 0 radical (unpaired) electrons. The number of anilines is 1. The van der Waals surface area contributed by atoms with Gasteiger partial charge in [-0.1, -0.05) is 0 Å². The summed E-state index contributed by atoms with van der Waals surface area (Å²) < 4.78 is 52.7. The molecule has 4 heterocycles. The molecule has 1 N–H and O–H groups in total. The van der Waals surface area contributed by atoms with E-state index in [2.05, 4.69) is 29.7 Å². The van der Waals surface area contributed by atoms with Crippen LogP contribution in [-0.2, 0) is 10.0 Å². The molecule has 0 amide bonds. The molecule has 0 unspecified atom stereocenters. The molecule has 3 aromatic heterocycles. The average Bonchev–Trinajstić information content (AvgIpc) is 3.15. The molecule has 160 valence electrons. The predicted octanol–water partition coefficient (Wildman–Crippen LogP) is 1.89. The van der Waals surface area contributed by atoms with Crippen LogP contribution in [0.2, 0.25) is 0 Å². The Bertz CT molecular complexity index is 1150. The first-order valence-electron chi connectivity index (χ1n) is 9.45. The molecular weight excluding hydrogens is 416 g/mol. The summed E-state index contributed by atoms with van der Waals surface area (Å²) in [7, 11) is -3.24. The number of hydrogen-bond donors (Lipinski definition) is 1. The van der Waals surface area contributed by atoms with Crippen molar-refractivity contribution in [2.75, 3.05) is 30.8 Å². The number of halogens is 2. The zero-order valence-corrected chi connectivity index (χ0v) is 17.1. The van der Waals surface area contributed by atoms with Crippen LogP contribution >= 0.6 is 0 Å². The lowest BCUT2D eigenvalue weighted by molar-refractivity contribution is 0.144. The van der Waals surface area contributed by atoms with E-state index in [4.69, 9.17) is 0 Å². The minimum absolute atomic E-state index is 0.165. The van der Waals surface area contributed by atoms with Gasteiger partial charge in [0.1, 0.15) is 23.5 Å². The van der Waals surface area contributed by atoms with E-state index >= 15 is 0 Å². The van der Waals surface area contributed by atoms with Gasteiger partial charge in [-0.2, -0.15) is 5.10 Å². The van der Waals surface area contributed by atoms with E-state index in [1.807, 2.05) is 0 Å². The quantitative estimate of drug-likeness (QED) is 0.628. The fourth-order valence-corrected chi connectivity index (χ4v) is 4.09. The van der Waals surface area contributed by atoms with E-state index in [9.17, 15) is 17.2 Å². The van der Waals surface area contributed by atoms with Crippen LogP contribution in [0.4, 0.5) is 14.6 Å². The summed E-state index contributed by atoms with van der Waals surface area (Å²) in [6.07, 6.45) is 3.25. The van der Waals surface area contributed by atoms with Gasteiger partial charge in [-0.15, -0.1) is 0 Å². The summed E-state index contributed by atoms with van der Waals surface area (Å²) in [5.74, 6) is 0.849. The lowest BCUT2D eigenvalue weighted by Gasteiger charge is -2.33. The highest BCUT2D eigenvalue weighted by Gasteiger charge is 2.23. The largest absolute Gasteiger partial charge is 0.356 e. The molecule has 1 fully saturated rings. The van der Waals surface area contributed by atoms with Crippen molar-refractivity contribution < 1.29 is 17.2 Å². The maximum atomic E-state index is 13.0. The molecular formula is C18H21F2N7O2S. The van der Waals surface area contributed by atoms with Crippen molar-refractivity contribution in [1.82, 2.24) is 29.3 Å². The van der Waals surface area contributed by atoms with Gasteiger partial charge in [0.2, 0.25) is 10.0 Å². The summed E-state index contributed by atoms with van der Waals surface area (Å²) in [5, 5.41) is 3.98. The number of nitrogens with zero attached hydrogens (tertiary/aromatic N) is 6. The van der Waals surface area contributed by atoms with Gasteiger partial charge in [0.05, 0.1) is 18.1 Å². The SMILES string of the molecule is CS(=O)(=O)NC[C@@H]1CCCN(c2cc(-c3cnc4ccc(C(F)F)nn34)ncn2)C1. The summed E-state index contributed by atoms with van der Waals surface area (Å²) in [6.45, 7) is 1.81. The number of alkyl halides is 2. The van der Waals surface area contributed by atoms with Crippen molar-refractivity contribution in [3.8, 4) is 11.4 Å². The van der Waals surface area contributed by atoms with E-state index in [1.165, 1.54) is 23.0 Å². The van der Waals surface area contributed by atoms with Crippen molar-refractivity contribution in [3.05, 3.63) is 36.4 Å². The van der Waals surface area contributed by atoms with Crippen LogP contribution in [0.3, 0.4) is 0 Å². The third kappa shape index (κ3) is 4.54. The number of imidazole rings is 1. The number of aromatic nitrogens is 5. The van der Waals surface area contributed by atoms with Crippen molar-refractivity contribution in [1.29, 1.82) is 0 Å². The maximum Gasteiger partial charge on any atom is 0.282 e. The smallest absolute Gasteiger partial charge is 0.282 e. The summed E-state index contributed by atoms with van der Waals surface area (Å²) in [6, 6.07) is 4.51. The lowest BCUT2D eigenvalue weighted by atomic mass is 9.98. The molecule has 1 aliphatic heterocycles. The second-order valence-electron chi connectivity index (χ2n) is 7.31. The number of fused-ring (bicyclic) bond motifs is 1. The van der Waals surface area contributed by atoms with E-state index in [0.717, 1.165) is 25.6 Å². The van der Waals surface area contributed by atoms with Crippen LogP contribution in [0.25, 0.3) is 17.0 Å². The predicted molar refractivity (Wildman–Crippen MR) is 107 cm³/mol. The van der Waals surface area contributed by atoms with Crippen LogP contribution in [0.1, 0.15) is 25.0 Å². The minimum Gasteiger partial charge on any atom is -0.356 e. The fourth-order valence-electron chi connectivity index (χ4n) is 3.55. The highest BCUT2D eigenvalue weighted by Crippen LogP contribution is 2.26. The molecule has 4 rings (SSSR count). The van der Waals surface area contributed by atoms with E-state index in [0.29, 0.717) is 35.9 Å². The van der Waals surface area contributed by atoms with Gasteiger partial charge in [-0.25, -0.2) is 41.4 Å². The Labute approximate surface area is 172 Å². The zero-order chi connectivity index (χ0) is 21.3. The zero-order valence-electron chi connectivity index (χ0n) is 16.2. The first-order valence-corrected chi connectivity index (χ1v) is 11.3. The Hall–Kier alpha value is -2.73. The first-order chi connectivity index (χ1) is 14.3. The Balaban J connectivity index is 1.59. The van der Waals surface area contributed by atoms with Gasteiger partial charge in [-0.3, -0.25) is 0 Å². The molecule has 30 heavy (non-hydrogen) atoms. The molecule has 0 spiro atoms. The number of rotatable bonds is 6. The molecule has 1 saturated heterocycles. The molecule has 3 aromatic rings. The number of nitrogens with one attached hydrogen (secondary N) is 1. The van der Waals surface area contributed by atoms with Crippen LogP contribution in [0.5, 0.6) is 0 Å². The summed E-state index contributed by atoms with van der Waals surface area (Å²) in [5.41, 5.74) is 1.11. The van der Waals surface area contributed by atoms with Crippen molar-refractivity contribution >= 4 is 21.5 Å². The summed E-state index contributed by atoms with van der Waals surface area (Å²) in [4.78, 5) is 14.9. The Morgan fingerprint density at radius 3 is 2.87 bits per heavy atom. The van der Waals surface area contributed by atoms with E-state index in [-0.39, 0.29) is 11.6 Å². The minimum atomic E-state index is -3.24. The van der Waals surface area contributed by atoms with Crippen molar-refractivity contribution in [3.63, 3.8) is 0 Å². The molecule has 9 nitrogen and oxygen atoms in total. The second kappa shape index (κ2) is 8.19. The highest BCUT2D eigenvalue weighted by atomic mass is 32.2. The Morgan fingerprint density at radius 1 is 1.27 bits per heavy atom. The van der Waals surface area contributed by atoms with Gasteiger partial charge in [-0.05, 0) is 30.9 Å². The number of sulfonamides is 1. The highest BCUT2D eigenvalue weighted by molar-refractivity contribution is 7.88. The number of piperidine rings is 1. The third-order valence-corrected chi connectivity index (χ3v) is 5.69. The van der Waals surface area contributed by atoms with Crippen molar-refractivity contribution in [2.45, 2.75) is 19.3 Å². The van der Waals surface area contributed by atoms with Crippen LogP contribution < -0.4 is 9.62 Å². The molecule has 0 aromatic carbocycles. The third-order valence-electron chi connectivity index (χ3n) is 5.00. The molecule has 0 saturated carbocycles. The Morgan fingerprint density at radius 2 is 2.10 bits per heavy atom. The van der Waals surface area contributed by atoms with Crippen LogP contribution in [0.15, 0.2) is 30.7 Å². The van der Waals surface area contributed by atoms with Gasteiger partial charge in [0.25, 0.3) is 6.43 Å². The second-order valence-corrected chi connectivity index (χ2v) is 9.14. The standard InChI is InChI=1S/C18H21F2N7O2S/c1-30(28,29)24-8-12-3-2-6-26(10-12)17-7-14(22-11-23-17)15-9-21-16-5-4-13(18(19)20)25-27(15)16/h4-5,7,9,11-12,18,24H,2-3,6,8,10H2,1H3/t12-/m0/s1. The maximum absolute atomic E-state index is 13.0. The summed E-state index contributed by atoms with van der Waals surface area (Å²) >= 11 is 0. The van der Waals surface area contributed by atoms with Crippen molar-refractivity contribution in [2.24, 2.45) is 5.92 Å². The van der Waals surface area contributed by atoms with E-state index < -0.39 is 16.4 Å². The Kier molecular flexibility index (Phi) is 5.60. The average molecular weight is 437 g/mol. The van der Waals surface area contributed by atoms with Gasteiger partial charge in [0.15, 0.2) is 5.65 Å². The van der Waals surface area contributed by atoms with Crippen LogP contribution in [0, 0.1) is 5.92 Å². The molecule has 0 aliphatic carbocycles. The monoisotopic (exact) mass is 437 g/mol.